The maximum Gasteiger partial charge on any atom is 0.223 e. The molecule has 0 aliphatic carbocycles. The zero-order valence-electron chi connectivity index (χ0n) is 12.2. The van der Waals surface area contributed by atoms with E-state index in [0.29, 0.717) is 17.8 Å². The number of ether oxygens (including phenoxy) is 1. The SMILES string of the molecule is COc1ccccc1[C@@H](N[C@H]1CCSC1)c1noc(C)n1. The average Bonchev–Trinajstić information content (AvgIpc) is 3.16. The van der Waals surface area contributed by atoms with E-state index in [2.05, 4.69) is 15.5 Å². The lowest BCUT2D eigenvalue weighted by molar-refractivity contribution is 0.372. The molecule has 1 aliphatic rings. The van der Waals surface area contributed by atoms with Crippen LogP contribution in [0.4, 0.5) is 0 Å². The monoisotopic (exact) mass is 305 g/mol. The van der Waals surface area contributed by atoms with Crippen LogP contribution in [0.5, 0.6) is 5.75 Å². The predicted octanol–water partition coefficient (Wildman–Crippen LogP) is 2.57. The quantitative estimate of drug-likeness (QED) is 0.916. The fraction of sp³-hybridized carbons (Fsp3) is 0.467. The molecule has 1 fully saturated rings. The van der Waals surface area contributed by atoms with Crippen LogP contribution in [-0.4, -0.2) is 34.8 Å². The minimum atomic E-state index is -0.109. The zero-order valence-corrected chi connectivity index (χ0v) is 13.0. The van der Waals surface area contributed by atoms with E-state index in [4.69, 9.17) is 9.26 Å². The topological polar surface area (TPSA) is 60.2 Å². The molecule has 0 radical (unpaired) electrons. The van der Waals surface area contributed by atoms with Crippen LogP contribution in [0.2, 0.25) is 0 Å². The van der Waals surface area contributed by atoms with Gasteiger partial charge < -0.3 is 9.26 Å². The van der Waals surface area contributed by atoms with Crippen LogP contribution in [0.15, 0.2) is 28.8 Å². The molecule has 0 unspecified atom stereocenters. The Morgan fingerprint density at radius 1 is 1.43 bits per heavy atom. The molecule has 0 spiro atoms. The van der Waals surface area contributed by atoms with Gasteiger partial charge in [-0.15, -0.1) is 0 Å². The molecule has 2 atom stereocenters. The number of hydrogen-bond acceptors (Lipinski definition) is 6. The van der Waals surface area contributed by atoms with Gasteiger partial charge in [0.15, 0.2) is 5.82 Å². The van der Waals surface area contributed by atoms with Crippen molar-refractivity contribution in [3.63, 3.8) is 0 Å². The number of aromatic nitrogens is 2. The maximum atomic E-state index is 5.49. The molecule has 2 heterocycles. The molecule has 5 nitrogen and oxygen atoms in total. The minimum absolute atomic E-state index is 0.109. The van der Waals surface area contributed by atoms with Crippen LogP contribution in [-0.2, 0) is 0 Å². The second-order valence-corrected chi connectivity index (χ2v) is 6.22. The summed E-state index contributed by atoms with van der Waals surface area (Å²) in [5, 5.41) is 7.75. The smallest absolute Gasteiger partial charge is 0.223 e. The first-order chi connectivity index (χ1) is 10.3. The molecule has 2 aromatic rings. The fourth-order valence-electron chi connectivity index (χ4n) is 2.54. The lowest BCUT2D eigenvalue weighted by atomic mass is 10.0. The number of para-hydroxylation sites is 1. The molecule has 1 N–H and O–H groups in total. The molecule has 21 heavy (non-hydrogen) atoms. The third kappa shape index (κ3) is 3.22. The number of nitrogens with zero attached hydrogens (tertiary/aromatic N) is 2. The maximum absolute atomic E-state index is 5.49. The summed E-state index contributed by atoms with van der Waals surface area (Å²) < 4.78 is 10.6. The Morgan fingerprint density at radius 2 is 2.29 bits per heavy atom. The number of benzene rings is 1. The van der Waals surface area contributed by atoms with Gasteiger partial charge in [0.05, 0.1) is 7.11 Å². The Bertz CT molecular complexity index is 596. The highest BCUT2D eigenvalue weighted by Crippen LogP contribution is 2.30. The van der Waals surface area contributed by atoms with Crippen molar-refractivity contribution in [1.82, 2.24) is 15.5 Å². The number of aryl methyl sites for hydroxylation is 1. The van der Waals surface area contributed by atoms with Gasteiger partial charge in [-0.3, -0.25) is 5.32 Å². The van der Waals surface area contributed by atoms with Crippen LogP contribution in [0.25, 0.3) is 0 Å². The van der Waals surface area contributed by atoms with Gasteiger partial charge in [0, 0.05) is 24.3 Å². The standard InChI is InChI=1S/C15H19N3O2S/c1-10-16-15(18-20-10)14(17-11-7-8-21-9-11)12-5-3-4-6-13(12)19-2/h3-6,11,14,17H,7-9H2,1-2H3/t11-,14+/m0/s1. The fourth-order valence-corrected chi connectivity index (χ4v) is 3.71. The summed E-state index contributed by atoms with van der Waals surface area (Å²) in [5.74, 6) is 4.38. The van der Waals surface area contributed by atoms with Crippen molar-refractivity contribution in [3.8, 4) is 5.75 Å². The van der Waals surface area contributed by atoms with Crippen molar-refractivity contribution in [2.24, 2.45) is 0 Å². The summed E-state index contributed by atoms with van der Waals surface area (Å²) >= 11 is 1.97. The number of methoxy groups -OCH3 is 1. The van der Waals surface area contributed by atoms with Gasteiger partial charge in [-0.1, -0.05) is 23.4 Å². The molecule has 6 heteroatoms. The van der Waals surface area contributed by atoms with Crippen LogP contribution >= 0.6 is 11.8 Å². The van der Waals surface area contributed by atoms with Crippen molar-refractivity contribution in [2.75, 3.05) is 18.6 Å². The zero-order chi connectivity index (χ0) is 14.7. The third-order valence-electron chi connectivity index (χ3n) is 3.58. The van der Waals surface area contributed by atoms with Crippen LogP contribution < -0.4 is 10.1 Å². The minimum Gasteiger partial charge on any atom is -0.496 e. The van der Waals surface area contributed by atoms with E-state index >= 15 is 0 Å². The summed E-state index contributed by atoms with van der Waals surface area (Å²) in [6.07, 6.45) is 1.16. The first-order valence-corrected chi connectivity index (χ1v) is 8.20. The molecule has 0 bridgehead atoms. The number of thioether (sulfide) groups is 1. The average molecular weight is 305 g/mol. The molecule has 3 rings (SSSR count). The van der Waals surface area contributed by atoms with E-state index in [0.717, 1.165) is 23.5 Å². The van der Waals surface area contributed by atoms with E-state index in [1.807, 2.05) is 36.0 Å². The number of nitrogens with one attached hydrogen (secondary N) is 1. The van der Waals surface area contributed by atoms with Crippen LogP contribution in [0.1, 0.15) is 29.7 Å². The summed E-state index contributed by atoms with van der Waals surface area (Å²) in [6, 6.07) is 8.32. The molecule has 1 aromatic carbocycles. The molecule has 1 aliphatic heterocycles. The van der Waals surface area contributed by atoms with Gasteiger partial charge in [0.2, 0.25) is 5.89 Å². The largest absolute Gasteiger partial charge is 0.496 e. The summed E-state index contributed by atoms with van der Waals surface area (Å²) in [7, 11) is 1.68. The van der Waals surface area contributed by atoms with Gasteiger partial charge in [-0.05, 0) is 18.2 Å². The number of hydrogen-bond donors (Lipinski definition) is 1. The van der Waals surface area contributed by atoms with Crippen molar-refractivity contribution in [1.29, 1.82) is 0 Å². The molecule has 112 valence electrons. The Balaban J connectivity index is 1.94. The van der Waals surface area contributed by atoms with E-state index in [9.17, 15) is 0 Å². The van der Waals surface area contributed by atoms with Crippen molar-refractivity contribution < 1.29 is 9.26 Å². The highest BCUT2D eigenvalue weighted by atomic mass is 32.2. The Kier molecular flexibility index (Phi) is 4.45. The summed E-state index contributed by atoms with van der Waals surface area (Å²) in [4.78, 5) is 4.40. The third-order valence-corrected chi connectivity index (χ3v) is 4.75. The molecular weight excluding hydrogens is 286 g/mol. The Labute approximate surface area is 128 Å². The normalized spacial score (nSPS) is 19.6. The van der Waals surface area contributed by atoms with Crippen molar-refractivity contribution >= 4 is 11.8 Å². The van der Waals surface area contributed by atoms with Gasteiger partial charge in [0.1, 0.15) is 11.8 Å². The van der Waals surface area contributed by atoms with Crippen LogP contribution in [0.3, 0.4) is 0 Å². The molecular formula is C15H19N3O2S. The van der Waals surface area contributed by atoms with E-state index in [-0.39, 0.29) is 6.04 Å². The molecule has 1 saturated heterocycles. The van der Waals surface area contributed by atoms with Gasteiger partial charge in [-0.2, -0.15) is 16.7 Å². The van der Waals surface area contributed by atoms with E-state index in [1.54, 1.807) is 14.0 Å². The van der Waals surface area contributed by atoms with Crippen molar-refractivity contribution in [3.05, 3.63) is 41.5 Å². The Hall–Kier alpha value is -1.53. The summed E-state index contributed by atoms with van der Waals surface area (Å²) in [6.45, 7) is 1.81. The molecule has 0 amide bonds. The second kappa shape index (κ2) is 6.49. The van der Waals surface area contributed by atoms with Crippen molar-refractivity contribution in [2.45, 2.75) is 25.4 Å². The highest BCUT2D eigenvalue weighted by Gasteiger charge is 2.27. The van der Waals surface area contributed by atoms with Crippen LogP contribution in [0, 0.1) is 6.92 Å². The highest BCUT2D eigenvalue weighted by molar-refractivity contribution is 7.99. The van der Waals surface area contributed by atoms with E-state index in [1.165, 1.54) is 5.75 Å². The molecule has 0 saturated carbocycles. The summed E-state index contributed by atoms with van der Waals surface area (Å²) in [5.41, 5.74) is 1.04. The first-order valence-electron chi connectivity index (χ1n) is 7.05. The number of rotatable bonds is 5. The Morgan fingerprint density at radius 3 is 2.95 bits per heavy atom. The molecule has 1 aromatic heterocycles. The van der Waals surface area contributed by atoms with Gasteiger partial charge in [-0.25, -0.2) is 0 Å². The predicted molar refractivity (Wildman–Crippen MR) is 82.7 cm³/mol. The first kappa shape index (κ1) is 14.4. The lowest BCUT2D eigenvalue weighted by Gasteiger charge is -2.22. The van der Waals surface area contributed by atoms with Gasteiger partial charge >= 0.3 is 0 Å². The second-order valence-electron chi connectivity index (χ2n) is 5.07. The van der Waals surface area contributed by atoms with Gasteiger partial charge in [0.25, 0.3) is 0 Å². The van der Waals surface area contributed by atoms with E-state index < -0.39 is 0 Å². The lowest BCUT2D eigenvalue weighted by Crippen LogP contribution is -2.34.